The summed E-state index contributed by atoms with van der Waals surface area (Å²) in [5.74, 6) is 0.0958. The van der Waals surface area contributed by atoms with Crippen LogP contribution in [0.1, 0.15) is 39.5 Å². The van der Waals surface area contributed by atoms with E-state index in [4.69, 9.17) is 4.74 Å². The molecule has 74 valence electrons. The molecule has 0 aliphatic heterocycles. The first kappa shape index (κ1) is 10.2. The molecule has 0 saturated heterocycles. The van der Waals surface area contributed by atoms with Crippen molar-refractivity contribution in [2.24, 2.45) is 5.41 Å². The first-order chi connectivity index (χ1) is 6.02. The highest BCUT2D eigenvalue weighted by Gasteiger charge is 2.31. The van der Waals surface area contributed by atoms with Gasteiger partial charge >= 0.3 is 5.97 Å². The molecule has 0 radical (unpaired) electrons. The molecule has 1 saturated carbocycles. The van der Waals surface area contributed by atoms with Gasteiger partial charge in [-0.2, -0.15) is 0 Å². The largest absolute Gasteiger partial charge is 0.465 e. The minimum absolute atomic E-state index is 0.0274. The average molecular weight is 184 g/mol. The van der Waals surface area contributed by atoms with E-state index in [2.05, 4.69) is 6.92 Å². The zero-order valence-electron chi connectivity index (χ0n) is 8.26. The summed E-state index contributed by atoms with van der Waals surface area (Å²) in [4.78, 5) is 21.6. The number of rotatable bonds is 2. The third-order valence-corrected chi connectivity index (χ3v) is 2.64. The first-order valence-corrected chi connectivity index (χ1v) is 4.67. The number of esters is 1. The number of carbonyl (C=O) groups excluding carboxylic acids is 2. The van der Waals surface area contributed by atoms with E-state index in [1.54, 1.807) is 0 Å². The van der Waals surface area contributed by atoms with Gasteiger partial charge < -0.3 is 4.74 Å². The SMILES string of the molecule is CC(=O)OCC1(C)CCC(=O)CC1. The summed E-state index contributed by atoms with van der Waals surface area (Å²) >= 11 is 0. The molecular weight excluding hydrogens is 168 g/mol. The predicted octanol–water partition coefficient (Wildman–Crippen LogP) is 1.70. The van der Waals surface area contributed by atoms with Crippen LogP contribution in [0.25, 0.3) is 0 Å². The zero-order valence-corrected chi connectivity index (χ0v) is 8.26. The smallest absolute Gasteiger partial charge is 0.302 e. The second-order valence-corrected chi connectivity index (χ2v) is 4.13. The Hall–Kier alpha value is -0.860. The van der Waals surface area contributed by atoms with Gasteiger partial charge in [-0.1, -0.05) is 6.92 Å². The normalized spacial score (nSPS) is 21.2. The Labute approximate surface area is 78.5 Å². The Bertz CT molecular complexity index is 210. The standard InChI is InChI=1S/C10H16O3/c1-8(11)13-7-10(2)5-3-9(12)4-6-10/h3-7H2,1-2H3. The number of Topliss-reactive ketones (excluding diaryl/α,β-unsaturated/α-hetero) is 1. The van der Waals surface area contributed by atoms with Crippen molar-refractivity contribution in [2.75, 3.05) is 6.61 Å². The zero-order chi connectivity index (χ0) is 9.90. The molecule has 0 aromatic carbocycles. The van der Waals surface area contributed by atoms with Crippen LogP contribution in [0.2, 0.25) is 0 Å². The fraction of sp³-hybridized carbons (Fsp3) is 0.800. The third-order valence-electron chi connectivity index (χ3n) is 2.64. The molecule has 1 rings (SSSR count). The molecule has 0 amide bonds. The number of ether oxygens (including phenoxy) is 1. The highest BCUT2D eigenvalue weighted by atomic mass is 16.5. The van der Waals surface area contributed by atoms with Crippen molar-refractivity contribution in [3.63, 3.8) is 0 Å². The van der Waals surface area contributed by atoms with Crippen LogP contribution >= 0.6 is 0 Å². The summed E-state index contributed by atoms with van der Waals surface area (Å²) < 4.78 is 4.97. The Morgan fingerprint density at radius 2 is 2.00 bits per heavy atom. The van der Waals surface area contributed by atoms with Crippen LogP contribution in [0.4, 0.5) is 0 Å². The highest BCUT2D eigenvalue weighted by Crippen LogP contribution is 2.34. The van der Waals surface area contributed by atoms with Gasteiger partial charge in [0.05, 0.1) is 6.61 Å². The molecule has 1 aliphatic carbocycles. The number of hydrogen-bond donors (Lipinski definition) is 0. The maximum absolute atomic E-state index is 11.0. The van der Waals surface area contributed by atoms with Gasteiger partial charge in [-0.25, -0.2) is 0 Å². The molecule has 0 unspecified atom stereocenters. The minimum Gasteiger partial charge on any atom is -0.465 e. The fourth-order valence-electron chi connectivity index (χ4n) is 1.55. The monoisotopic (exact) mass is 184 g/mol. The van der Waals surface area contributed by atoms with Gasteiger partial charge in [0, 0.05) is 25.2 Å². The maximum Gasteiger partial charge on any atom is 0.302 e. The molecule has 1 aliphatic rings. The number of hydrogen-bond acceptors (Lipinski definition) is 3. The van der Waals surface area contributed by atoms with Gasteiger partial charge in [0.1, 0.15) is 5.78 Å². The summed E-state index contributed by atoms with van der Waals surface area (Å²) in [6.45, 7) is 3.94. The van der Waals surface area contributed by atoms with Crippen LogP contribution in [0.15, 0.2) is 0 Å². The molecule has 3 heteroatoms. The molecule has 0 aromatic heterocycles. The van der Waals surface area contributed by atoms with Crippen molar-refractivity contribution in [1.82, 2.24) is 0 Å². The van der Waals surface area contributed by atoms with Crippen molar-refractivity contribution in [3.05, 3.63) is 0 Å². The summed E-state index contributed by atoms with van der Waals surface area (Å²) in [6, 6.07) is 0. The second kappa shape index (κ2) is 3.90. The van der Waals surface area contributed by atoms with Crippen molar-refractivity contribution < 1.29 is 14.3 Å². The van der Waals surface area contributed by atoms with Crippen LogP contribution < -0.4 is 0 Å². The van der Waals surface area contributed by atoms with Gasteiger partial charge in [-0.05, 0) is 12.8 Å². The van der Waals surface area contributed by atoms with Gasteiger partial charge in [-0.3, -0.25) is 9.59 Å². The van der Waals surface area contributed by atoms with Crippen molar-refractivity contribution in [3.8, 4) is 0 Å². The predicted molar refractivity (Wildman–Crippen MR) is 48.2 cm³/mol. The van der Waals surface area contributed by atoms with E-state index in [1.165, 1.54) is 6.92 Å². The van der Waals surface area contributed by atoms with E-state index in [1.807, 2.05) is 0 Å². The van der Waals surface area contributed by atoms with Gasteiger partial charge in [-0.15, -0.1) is 0 Å². The van der Waals surface area contributed by atoms with E-state index in [0.29, 0.717) is 25.2 Å². The third kappa shape index (κ3) is 3.17. The van der Waals surface area contributed by atoms with Gasteiger partial charge in [0.2, 0.25) is 0 Å². The lowest BCUT2D eigenvalue weighted by atomic mass is 9.76. The van der Waals surface area contributed by atoms with Gasteiger partial charge in [0.25, 0.3) is 0 Å². The molecule has 3 nitrogen and oxygen atoms in total. The van der Waals surface area contributed by atoms with Crippen molar-refractivity contribution in [1.29, 1.82) is 0 Å². The van der Waals surface area contributed by atoms with Crippen LogP contribution in [0.5, 0.6) is 0 Å². The van der Waals surface area contributed by atoms with Crippen molar-refractivity contribution >= 4 is 11.8 Å². The molecule has 0 heterocycles. The lowest BCUT2D eigenvalue weighted by Gasteiger charge is -2.31. The Morgan fingerprint density at radius 1 is 1.46 bits per heavy atom. The minimum atomic E-state index is -0.238. The summed E-state index contributed by atoms with van der Waals surface area (Å²) in [5.41, 5.74) is 0.0274. The van der Waals surface area contributed by atoms with E-state index >= 15 is 0 Å². The molecular formula is C10H16O3. The fourth-order valence-corrected chi connectivity index (χ4v) is 1.55. The van der Waals surface area contributed by atoms with Gasteiger partial charge in [0.15, 0.2) is 0 Å². The average Bonchev–Trinajstić information content (AvgIpc) is 2.08. The second-order valence-electron chi connectivity index (χ2n) is 4.13. The molecule has 0 aromatic rings. The summed E-state index contributed by atoms with van der Waals surface area (Å²) in [7, 11) is 0. The molecule has 0 atom stereocenters. The number of ketones is 1. The Balaban J connectivity index is 2.38. The lowest BCUT2D eigenvalue weighted by Crippen LogP contribution is -2.30. The summed E-state index contributed by atoms with van der Waals surface area (Å²) in [6.07, 6.45) is 2.97. The van der Waals surface area contributed by atoms with E-state index in [9.17, 15) is 9.59 Å². The molecule has 0 spiro atoms. The quantitative estimate of drug-likeness (QED) is 0.613. The van der Waals surface area contributed by atoms with Crippen LogP contribution in [-0.4, -0.2) is 18.4 Å². The first-order valence-electron chi connectivity index (χ1n) is 4.67. The van der Waals surface area contributed by atoms with E-state index in [0.717, 1.165) is 12.8 Å². The topological polar surface area (TPSA) is 43.4 Å². The highest BCUT2D eigenvalue weighted by molar-refractivity contribution is 5.79. The molecule has 0 bridgehead atoms. The number of carbonyl (C=O) groups is 2. The lowest BCUT2D eigenvalue weighted by molar-refractivity contribution is -0.145. The summed E-state index contributed by atoms with van der Waals surface area (Å²) in [5, 5.41) is 0. The van der Waals surface area contributed by atoms with E-state index < -0.39 is 0 Å². The molecule has 0 N–H and O–H groups in total. The Morgan fingerprint density at radius 3 is 2.46 bits per heavy atom. The molecule has 13 heavy (non-hydrogen) atoms. The van der Waals surface area contributed by atoms with E-state index in [-0.39, 0.29) is 11.4 Å². The van der Waals surface area contributed by atoms with Crippen molar-refractivity contribution in [2.45, 2.75) is 39.5 Å². The maximum atomic E-state index is 11.0. The Kier molecular flexibility index (Phi) is 3.07. The van der Waals surface area contributed by atoms with Crippen LogP contribution in [-0.2, 0) is 14.3 Å². The molecule has 1 fully saturated rings. The van der Waals surface area contributed by atoms with Crippen LogP contribution in [0.3, 0.4) is 0 Å². The van der Waals surface area contributed by atoms with Crippen LogP contribution in [0, 0.1) is 5.41 Å².